The van der Waals surface area contributed by atoms with Gasteiger partial charge in [0.15, 0.2) is 0 Å². The number of carboxylic acids is 1. The molecule has 0 spiro atoms. The normalized spacial score (nSPS) is 11.1. The molecule has 0 aromatic heterocycles. The lowest BCUT2D eigenvalue weighted by Gasteiger charge is -2.12. The average Bonchev–Trinajstić information content (AvgIpc) is 2.14. The number of terminal acetylenes is 1. The van der Waals surface area contributed by atoms with Crippen LogP contribution in [0.4, 0.5) is 4.79 Å². The number of hydrogen-bond acceptors (Lipinski definition) is 2. The molecule has 0 saturated carbocycles. The van der Waals surface area contributed by atoms with E-state index in [1.807, 2.05) is 0 Å². The Morgan fingerprint density at radius 1 is 1.57 bits per heavy atom. The summed E-state index contributed by atoms with van der Waals surface area (Å²) in [6.07, 6.45) is 5.75. The molecule has 1 atom stereocenters. The molecule has 0 aliphatic carbocycles. The number of carbonyl (C=O) groups excluding carboxylic acids is 1. The number of hydrogen-bond donors (Lipinski definition) is 3. The van der Waals surface area contributed by atoms with Gasteiger partial charge in [0.1, 0.15) is 6.04 Å². The molecule has 0 unspecified atom stereocenters. The highest BCUT2D eigenvalue weighted by molar-refractivity contribution is 5.82. The van der Waals surface area contributed by atoms with Crippen LogP contribution < -0.4 is 10.6 Å². The van der Waals surface area contributed by atoms with Crippen molar-refractivity contribution in [2.45, 2.75) is 25.8 Å². The summed E-state index contributed by atoms with van der Waals surface area (Å²) in [4.78, 5) is 21.6. The fraction of sp³-hybridized carbons (Fsp3) is 0.556. The molecule has 0 saturated heterocycles. The van der Waals surface area contributed by atoms with Crippen molar-refractivity contribution < 1.29 is 14.7 Å². The van der Waals surface area contributed by atoms with Crippen LogP contribution in [0.2, 0.25) is 0 Å². The molecule has 3 N–H and O–H groups in total. The Kier molecular flexibility index (Phi) is 5.95. The second-order valence-electron chi connectivity index (χ2n) is 2.65. The maximum Gasteiger partial charge on any atom is 0.326 e. The molecule has 0 aliphatic heterocycles. The first kappa shape index (κ1) is 12.3. The van der Waals surface area contributed by atoms with Gasteiger partial charge >= 0.3 is 12.0 Å². The Balaban J connectivity index is 3.80. The molecule has 0 radical (unpaired) electrons. The van der Waals surface area contributed by atoms with Crippen LogP contribution in [0.15, 0.2) is 0 Å². The highest BCUT2D eigenvalue weighted by Gasteiger charge is 2.16. The molecule has 0 aromatic carbocycles. The van der Waals surface area contributed by atoms with E-state index in [1.165, 1.54) is 0 Å². The monoisotopic (exact) mass is 198 g/mol. The van der Waals surface area contributed by atoms with Gasteiger partial charge in [0, 0.05) is 13.0 Å². The smallest absolute Gasteiger partial charge is 0.326 e. The van der Waals surface area contributed by atoms with Gasteiger partial charge in [-0.25, -0.2) is 9.59 Å². The maximum atomic E-state index is 11.0. The van der Waals surface area contributed by atoms with E-state index in [4.69, 9.17) is 11.5 Å². The van der Waals surface area contributed by atoms with Crippen LogP contribution in [-0.4, -0.2) is 29.7 Å². The van der Waals surface area contributed by atoms with Crippen molar-refractivity contribution in [3.05, 3.63) is 0 Å². The van der Waals surface area contributed by atoms with Crippen molar-refractivity contribution in [2.75, 3.05) is 6.54 Å². The zero-order valence-electron chi connectivity index (χ0n) is 8.04. The summed E-state index contributed by atoms with van der Waals surface area (Å²) < 4.78 is 0. The molecule has 5 heteroatoms. The van der Waals surface area contributed by atoms with Crippen molar-refractivity contribution in [1.82, 2.24) is 10.6 Å². The first-order valence-corrected chi connectivity index (χ1v) is 4.32. The second kappa shape index (κ2) is 6.78. The van der Waals surface area contributed by atoms with Crippen LogP contribution >= 0.6 is 0 Å². The number of nitrogens with one attached hydrogen (secondary N) is 2. The summed E-state index contributed by atoms with van der Waals surface area (Å²) in [7, 11) is 0. The predicted octanol–water partition coefficient (Wildman–Crippen LogP) is 0.172. The standard InChI is InChI=1S/C9H14N2O3/c1-3-5-6-10-9(14)11-7(4-2)8(12)13/h1,7H,4-6H2,2H3,(H,12,13)(H2,10,11,14)/t7-/m1/s1. The fourth-order valence-corrected chi connectivity index (χ4v) is 0.796. The topological polar surface area (TPSA) is 78.4 Å². The number of amides is 2. The minimum Gasteiger partial charge on any atom is -0.480 e. The van der Waals surface area contributed by atoms with Gasteiger partial charge in [0.25, 0.3) is 0 Å². The van der Waals surface area contributed by atoms with E-state index in [0.29, 0.717) is 19.4 Å². The van der Waals surface area contributed by atoms with E-state index in [1.54, 1.807) is 6.92 Å². The van der Waals surface area contributed by atoms with E-state index in [2.05, 4.69) is 16.6 Å². The van der Waals surface area contributed by atoms with Gasteiger partial charge in [0.2, 0.25) is 0 Å². The van der Waals surface area contributed by atoms with Gasteiger partial charge in [0.05, 0.1) is 0 Å². The van der Waals surface area contributed by atoms with Gasteiger partial charge in [-0.15, -0.1) is 12.3 Å². The van der Waals surface area contributed by atoms with Crippen molar-refractivity contribution in [1.29, 1.82) is 0 Å². The van der Waals surface area contributed by atoms with Crippen LogP contribution in [0.5, 0.6) is 0 Å². The minimum atomic E-state index is -1.04. The van der Waals surface area contributed by atoms with Crippen LogP contribution in [-0.2, 0) is 4.79 Å². The van der Waals surface area contributed by atoms with E-state index < -0.39 is 18.0 Å². The zero-order chi connectivity index (χ0) is 11.0. The number of aliphatic carboxylic acids is 1. The number of rotatable bonds is 5. The van der Waals surface area contributed by atoms with Gasteiger partial charge in [-0.3, -0.25) is 0 Å². The summed E-state index contributed by atoms with van der Waals surface area (Å²) in [5, 5.41) is 13.4. The van der Waals surface area contributed by atoms with Gasteiger partial charge in [-0.1, -0.05) is 6.92 Å². The SMILES string of the molecule is C#CCCNC(=O)N[C@H](CC)C(=O)O. The molecular formula is C9H14N2O3. The zero-order valence-corrected chi connectivity index (χ0v) is 8.04. The Morgan fingerprint density at radius 3 is 2.64 bits per heavy atom. The molecule has 0 heterocycles. The summed E-state index contributed by atoms with van der Waals surface area (Å²) in [6, 6.07) is -1.35. The highest BCUT2D eigenvalue weighted by Crippen LogP contribution is 1.89. The Bertz CT molecular complexity index is 245. The Hall–Kier alpha value is -1.70. The third-order valence-electron chi connectivity index (χ3n) is 1.57. The molecule has 2 amide bonds. The molecule has 0 aliphatic rings. The quantitative estimate of drug-likeness (QED) is 0.435. The van der Waals surface area contributed by atoms with Gasteiger partial charge in [-0.05, 0) is 6.42 Å². The summed E-state index contributed by atoms with van der Waals surface area (Å²) in [6.45, 7) is 2.03. The number of urea groups is 1. The van der Waals surface area contributed by atoms with E-state index in [-0.39, 0.29) is 0 Å². The van der Waals surface area contributed by atoms with Crippen LogP contribution in [0.3, 0.4) is 0 Å². The second-order valence-corrected chi connectivity index (χ2v) is 2.65. The third-order valence-corrected chi connectivity index (χ3v) is 1.57. The molecule has 0 aromatic rings. The maximum absolute atomic E-state index is 11.0. The number of carbonyl (C=O) groups is 2. The highest BCUT2D eigenvalue weighted by atomic mass is 16.4. The lowest BCUT2D eigenvalue weighted by atomic mass is 10.2. The van der Waals surface area contributed by atoms with Crippen LogP contribution in [0, 0.1) is 12.3 Å². The van der Waals surface area contributed by atoms with Gasteiger partial charge in [-0.2, -0.15) is 0 Å². The number of carboxylic acid groups (broad SMARTS) is 1. The lowest BCUT2D eigenvalue weighted by Crippen LogP contribution is -2.45. The van der Waals surface area contributed by atoms with Crippen molar-refractivity contribution in [3.8, 4) is 12.3 Å². The van der Waals surface area contributed by atoms with E-state index >= 15 is 0 Å². The minimum absolute atomic E-state index is 0.345. The Morgan fingerprint density at radius 2 is 2.21 bits per heavy atom. The van der Waals surface area contributed by atoms with E-state index in [9.17, 15) is 9.59 Å². The predicted molar refractivity (Wildman–Crippen MR) is 51.7 cm³/mol. The fourth-order valence-electron chi connectivity index (χ4n) is 0.796. The first-order valence-electron chi connectivity index (χ1n) is 4.32. The van der Waals surface area contributed by atoms with Crippen LogP contribution in [0.25, 0.3) is 0 Å². The summed E-state index contributed by atoms with van der Waals surface area (Å²) in [5.74, 6) is 1.31. The molecule has 0 fully saturated rings. The molecule has 0 bridgehead atoms. The molecular weight excluding hydrogens is 184 g/mol. The molecule has 0 rings (SSSR count). The lowest BCUT2D eigenvalue weighted by molar-refractivity contribution is -0.139. The van der Waals surface area contributed by atoms with Crippen molar-refractivity contribution in [2.24, 2.45) is 0 Å². The first-order chi connectivity index (χ1) is 6.61. The Labute approximate surface area is 82.9 Å². The van der Waals surface area contributed by atoms with Crippen LogP contribution in [0.1, 0.15) is 19.8 Å². The summed E-state index contributed by atoms with van der Waals surface area (Å²) >= 11 is 0. The third kappa shape index (κ3) is 5.04. The van der Waals surface area contributed by atoms with E-state index in [0.717, 1.165) is 0 Å². The summed E-state index contributed by atoms with van der Waals surface area (Å²) in [5.41, 5.74) is 0. The molecule has 78 valence electrons. The molecule has 5 nitrogen and oxygen atoms in total. The van der Waals surface area contributed by atoms with Gasteiger partial charge < -0.3 is 15.7 Å². The van der Waals surface area contributed by atoms with Crippen molar-refractivity contribution in [3.63, 3.8) is 0 Å². The van der Waals surface area contributed by atoms with Crippen molar-refractivity contribution >= 4 is 12.0 Å². The average molecular weight is 198 g/mol. The largest absolute Gasteiger partial charge is 0.480 e. The molecule has 14 heavy (non-hydrogen) atoms.